The van der Waals surface area contributed by atoms with Gasteiger partial charge in [-0.1, -0.05) is 6.92 Å². The Morgan fingerprint density at radius 1 is 1.31 bits per heavy atom. The molecule has 0 spiro atoms. The summed E-state index contributed by atoms with van der Waals surface area (Å²) in [5, 5.41) is 3.40. The highest BCUT2D eigenvalue weighted by molar-refractivity contribution is 8.00. The van der Waals surface area contributed by atoms with E-state index in [1.165, 1.54) is 18.5 Å². The van der Waals surface area contributed by atoms with E-state index < -0.39 is 0 Å². The van der Waals surface area contributed by atoms with E-state index >= 15 is 0 Å². The molecule has 1 aromatic carbocycles. The minimum Gasteiger partial charge on any atom is -0.378 e. The largest absolute Gasteiger partial charge is 0.378 e. The quantitative estimate of drug-likeness (QED) is 0.406. The molecule has 1 saturated heterocycles. The molecule has 186 valence electrons. The average molecular weight is 496 g/mol. The molecule has 1 amide bonds. The number of nitrogens with one attached hydrogen (secondary N) is 2. The molecule has 1 unspecified atom stereocenters. The van der Waals surface area contributed by atoms with E-state index in [2.05, 4.69) is 70.1 Å². The molecule has 10 heteroatoms. The molecule has 0 bridgehead atoms. The number of H-pyrrole nitrogens is 1. The van der Waals surface area contributed by atoms with Gasteiger partial charge in [0, 0.05) is 36.3 Å². The fraction of sp³-hybridized carbons (Fsp3) is 0.440. The fourth-order valence-corrected chi connectivity index (χ4v) is 5.39. The van der Waals surface area contributed by atoms with Crippen molar-refractivity contribution in [2.45, 2.75) is 44.0 Å². The van der Waals surface area contributed by atoms with Gasteiger partial charge in [-0.05, 0) is 49.8 Å². The number of amides is 1. The van der Waals surface area contributed by atoms with Gasteiger partial charge in [0.1, 0.15) is 11.6 Å². The molecule has 1 aliphatic heterocycles. The Kier molecular flexibility index (Phi) is 8.25. The second-order valence-corrected chi connectivity index (χ2v) is 10.2. The van der Waals surface area contributed by atoms with E-state index in [9.17, 15) is 0 Å². The number of primary amides is 1. The number of hydrogen-bond acceptors (Lipinski definition) is 8. The molecule has 2 aliphatic rings. The predicted molar refractivity (Wildman–Crippen MR) is 140 cm³/mol. The zero-order chi connectivity index (χ0) is 24.7. The monoisotopic (exact) mass is 495 g/mol. The zero-order valence-corrected chi connectivity index (χ0v) is 21.1. The Hall–Kier alpha value is -3.11. The van der Waals surface area contributed by atoms with E-state index in [1.54, 1.807) is 6.20 Å². The average Bonchev–Trinajstić information content (AvgIpc) is 3.47. The molecule has 1 atom stereocenters. The number of rotatable bonds is 8. The van der Waals surface area contributed by atoms with Gasteiger partial charge in [-0.25, -0.2) is 15.0 Å². The molecule has 2 aromatic heterocycles. The van der Waals surface area contributed by atoms with Crippen molar-refractivity contribution in [2.24, 2.45) is 5.73 Å². The van der Waals surface area contributed by atoms with Gasteiger partial charge in [-0.3, -0.25) is 4.79 Å². The van der Waals surface area contributed by atoms with Crippen LogP contribution >= 0.6 is 11.8 Å². The van der Waals surface area contributed by atoms with Gasteiger partial charge in [0.15, 0.2) is 5.82 Å². The standard InChI is InChI=1S/C24H30N6OS.CH3NO/c1-3-32-24(8-9-24)20-14-22(30-12-13-31-16-17(30)2)29-23(28-20)18-4-6-19(7-5-18)27-15-21-25-10-11-26-21;2-1-3/h4-7,10-11,14,17,27H,3,8-9,12-13,15-16H2,1-2H3,(H,25,26);1H,(H2,2,3). The number of benzene rings is 1. The van der Waals surface area contributed by atoms with Crippen molar-refractivity contribution >= 4 is 29.7 Å². The van der Waals surface area contributed by atoms with Gasteiger partial charge in [-0.15, -0.1) is 11.8 Å². The van der Waals surface area contributed by atoms with Gasteiger partial charge in [0.2, 0.25) is 6.41 Å². The number of morpholine rings is 1. The molecular formula is C25H33N7O2S. The Morgan fingerprint density at radius 2 is 2.09 bits per heavy atom. The SMILES string of the molecule is CCSC1(c2cc(N3CCOCC3C)nc(-c3ccc(NCc4ncc[nH]4)cc3)n2)CC1.NC=O. The van der Waals surface area contributed by atoms with Crippen molar-refractivity contribution in [3.8, 4) is 11.4 Å². The third-order valence-corrected chi connectivity index (χ3v) is 7.58. The van der Waals surface area contributed by atoms with Gasteiger partial charge >= 0.3 is 0 Å². The third kappa shape index (κ3) is 6.12. The van der Waals surface area contributed by atoms with Gasteiger partial charge in [-0.2, -0.15) is 0 Å². The summed E-state index contributed by atoms with van der Waals surface area (Å²) in [6.07, 6.45) is 6.23. The summed E-state index contributed by atoms with van der Waals surface area (Å²) in [5.74, 6) is 3.83. The van der Waals surface area contributed by atoms with Crippen molar-refractivity contribution in [3.63, 3.8) is 0 Å². The van der Waals surface area contributed by atoms with Crippen LogP contribution in [0.3, 0.4) is 0 Å². The fourth-order valence-electron chi connectivity index (χ4n) is 4.19. The lowest BCUT2D eigenvalue weighted by atomic mass is 10.1. The van der Waals surface area contributed by atoms with Crippen molar-refractivity contribution in [1.29, 1.82) is 0 Å². The summed E-state index contributed by atoms with van der Waals surface area (Å²) in [4.78, 5) is 28.4. The number of nitrogens with zero attached hydrogens (tertiary/aromatic N) is 4. The molecule has 5 rings (SSSR count). The predicted octanol–water partition coefficient (Wildman–Crippen LogP) is 3.55. The first kappa shape index (κ1) is 25.0. The maximum Gasteiger partial charge on any atom is 0.204 e. The highest BCUT2D eigenvalue weighted by atomic mass is 32.2. The molecular weight excluding hydrogens is 462 g/mol. The van der Waals surface area contributed by atoms with Crippen molar-refractivity contribution in [2.75, 3.05) is 35.7 Å². The number of nitrogens with two attached hydrogens (primary N) is 1. The normalized spacial score (nSPS) is 18.3. The smallest absolute Gasteiger partial charge is 0.204 e. The summed E-state index contributed by atoms with van der Waals surface area (Å²) >= 11 is 2.01. The molecule has 3 aromatic rings. The Bertz CT molecular complexity index is 1090. The number of carbonyl (C=O) groups is 1. The lowest BCUT2D eigenvalue weighted by Crippen LogP contribution is -2.44. The van der Waals surface area contributed by atoms with Crippen LogP contribution in [0.15, 0.2) is 42.7 Å². The summed E-state index contributed by atoms with van der Waals surface area (Å²) in [6, 6.07) is 10.9. The molecule has 4 N–H and O–H groups in total. The van der Waals surface area contributed by atoms with Crippen molar-refractivity contribution < 1.29 is 9.53 Å². The van der Waals surface area contributed by atoms with E-state index in [0.717, 1.165) is 54.2 Å². The van der Waals surface area contributed by atoms with Crippen LogP contribution in [0.5, 0.6) is 0 Å². The van der Waals surface area contributed by atoms with E-state index in [4.69, 9.17) is 19.5 Å². The Labute approximate surface area is 210 Å². The number of aromatic nitrogens is 4. The van der Waals surface area contributed by atoms with Crippen molar-refractivity contribution in [3.05, 3.63) is 54.2 Å². The van der Waals surface area contributed by atoms with Crippen LogP contribution in [0.1, 0.15) is 38.2 Å². The number of aromatic amines is 1. The first-order chi connectivity index (χ1) is 17.1. The highest BCUT2D eigenvalue weighted by Crippen LogP contribution is 2.56. The van der Waals surface area contributed by atoms with Crippen LogP contribution in [0.25, 0.3) is 11.4 Å². The number of hydrogen-bond donors (Lipinski definition) is 3. The van der Waals surface area contributed by atoms with Crippen molar-refractivity contribution in [1.82, 2.24) is 19.9 Å². The van der Waals surface area contributed by atoms with Crippen LogP contribution in [-0.2, 0) is 20.8 Å². The van der Waals surface area contributed by atoms with E-state index in [1.807, 2.05) is 18.0 Å². The van der Waals surface area contributed by atoms with Gasteiger partial charge in [0.25, 0.3) is 0 Å². The molecule has 1 aliphatic carbocycles. The number of anilines is 2. The van der Waals surface area contributed by atoms with Crippen LogP contribution < -0.4 is 16.0 Å². The first-order valence-electron chi connectivity index (χ1n) is 11.9. The van der Waals surface area contributed by atoms with Crippen LogP contribution in [0.2, 0.25) is 0 Å². The topological polar surface area (TPSA) is 122 Å². The van der Waals surface area contributed by atoms with E-state index in [-0.39, 0.29) is 11.2 Å². The summed E-state index contributed by atoms with van der Waals surface area (Å²) < 4.78 is 5.81. The van der Waals surface area contributed by atoms with Crippen LogP contribution in [-0.4, -0.2) is 57.9 Å². The van der Waals surface area contributed by atoms with Crippen LogP contribution in [0, 0.1) is 0 Å². The maximum absolute atomic E-state index is 8.58. The lowest BCUT2D eigenvalue weighted by Gasteiger charge is -2.34. The van der Waals surface area contributed by atoms with Crippen LogP contribution in [0.4, 0.5) is 11.5 Å². The second-order valence-electron chi connectivity index (χ2n) is 8.58. The molecule has 1 saturated carbocycles. The molecule has 35 heavy (non-hydrogen) atoms. The summed E-state index contributed by atoms with van der Waals surface area (Å²) in [7, 11) is 0. The third-order valence-electron chi connectivity index (χ3n) is 6.12. The van der Waals surface area contributed by atoms with Gasteiger partial charge in [0.05, 0.1) is 36.2 Å². The van der Waals surface area contributed by atoms with Gasteiger partial charge < -0.3 is 25.7 Å². The maximum atomic E-state index is 8.58. The first-order valence-corrected chi connectivity index (χ1v) is 12.9. The Morgan fingerprint density at radius 3 is 2.71 bits per heavy atom. The highest BCUT2D eigenvalue weighted by Gasteiger charge is 2.46. The number of ether oxygens (including phenoxy) is 1. The summed E-state index contributed by atoms with van der Waals surface area (Å²) in [5.41, 5.74) is 7.42. The Balaban J connectivity index is 0.000000917. The summed E-state index contributed by atoms with van der Waals surface area (Å²) in [6.45, 7) is 7.43. The number of carbonyl (C=O) groups excluding carboxylic acids is 1. The minimum absolute atomic E-state index is 0.154. The zero-order valence-electron chi connectivity index (χ0n) is 20.2. The molecule has 9 nitrogen and oxygen atoms in total. The second kappa shape index (κ2) is 11.5. The minimum atomic E-state index is 0.154. The molecule has 0 radical (unpaired) electrons. The lowest BCUT2D eigenvalue weighted by molar-refractivity contribution is -0.106. The molecule has 3 heterocycles. The molecule has 2 fully saturated rings. The number of imidazole rings is 1. The number of thioether (sulfide) groups is 1. The van der Waals surface area contributed by atoms with E-state index in [0.29, 0.717) is 12.6 Å².